The molecule has 1 aromatic rings. The number of aryl methyl sites for hydroxylation is 1. The Morgan fingerprint density at radius 1 is 1.32 bits per heavy atom. The normalized spacial score (nSPS) is 17.5. The Balaban J connectivity index is 1.74. The molecule has 0 bridgehead atoms. The van der Waals surface area contributed by atoms with Crippen molar-refractivity contribution in [2.45, 2.75) is 33.7 Å². The molecule has 1 aromatic heterocycles. The molecule has 0 amide bonds. The molecule has 1 unspecified atom stereocenters. The molecule has 1 aliphatic heterocycles. The smallest absolute Gasteiger partial charge is 0.191 e. The minimum absolute atomic E-state index is 0.526. The monoisotopic (exact) mass is 351 g/mol. The van der Waals surface area contributed by atoms with Crippen molar-refractivity contribution >= 4 is 5.96 Å². The van der Waals surface area contributed by atoms with Gasteiger partial charge in [-0.15, -0.1) is 10.2 Å². The third-order valence-electron chi connectivity index (χ3n) is 4.24. The van der Waals surface area contributed by atoms with Gasteiger partial charge in [0.15, 0.2) is 5.96 Å². The maximum absolute atomic E-state index is 5.40. The van der Waals surface area contributed by atoms with E-state index in [1.54, 1.807) is 6.33 Å². The molecule has 2 N–H and O–H groups in total. The number of aliphatic imine (C=N–C) groups is 1. The lowest BCUT2D eigenvalue weighted by molar-refractivity contribution is 0.0323. The van der Waals surface area contributed by atoms with E-state index in [0.717, 1.165) is 77.2 Å². The highest BCUT2D eigenvalue weighted by atomic mass is 16.5. The Morgan fingerprint density at radius 2 is 2.12 bits per heavy atom. The zero-order valence-electron chi connectivity index (χ0n) is 15.9. The molecule has 1 aliphatic rings. The van der Waals surface area contributed by atoms with Gasteiger partial charge in [-0.05, 0) is 12.8 Å². The summed E-state index contributed by atoms with van der Waals surface area (Å²) in [6.07, 6.45) is 2.68. The van der Waals surface area contributed by atoms with Crippen molar-refractivity contribution < 1.29 is 4.74 Å². The molecule has 1 fully saturated rings. The van der Waals surface area contributed by atoms with Gasteiger partial charge in [0.05, 0.1) is 13.2 Å². The number of hydrogen-bond donors (Lipinski definition) is 2. The van der Waals surface area contributed by atoms with Crippen LogP contribution in [0.2, 0.25) is 0 Å². The van der Waals surface area contributed by atoms with Crippen LogP contribution in [0, 0.1) is 5.92 Å². The molecule has 0 radical (unpaired) electrons. The summed E-state index contributed by atoms with van der Waals surface area (Å²) < 4.78 is 7.48. The predicted molar refractivity (Wildman–Crippen MR) is 99.8 cm³/mol. The van der Waals surface area contributed by atoms with Gasteiger partial charge in [0, 0.05) is 52.2 Å². The van der Waals surface area contributed by atoms with E-state index in [9.17, 15) is 0 Å². The SMILES string of the molecule is CCNC(=NCC(C)CN1CCOCC1)NCCn1cnnc1CC. The van der Waals surface area contributed by atoms with Crippen molar-refractivity contribution in [3.63, 3.8) is 0 Å². The van der Waals surface area contributed by atoms with E-state index in [-0.39, 0.29) is 0 Å². The number of morpholine rings is 1. The molecule has 0 aromatic carbocycles. The lowest BCUT2D eigenvalue weighted by Gasteiger charge is -2.28. The van der Waals surface area contributed by atoms with E-state index < -0.39 is 0 Å². The molecule has 2 heterocycles. The van der Waals surface area contributed by atoms with Crippen LogP contribution in [0.15, 0.2) is 11.3 Å². The maximum Gasteiger partial charge on any atom is 0.191 e. The number of hydrogen-bond acceptors (Lipinski definition) is 5. The second-order valence-corrected chi connectivity index (χ2v) is 6.46. The highest BCUT2D eigenvalue weighted by Gasteiger charge is 2.13. The van der Waals surface area contributed by atoms with Crippen LogP contribution in [0.5, 0.6) is 0 Å². The Labute approximate surface area is 151 Å². The van der Waals surface area contributed by atoms with Gasteiger partial charge in [-0.1, -0.05) is 13.8 Å². The van der Waals surface area contributed by atoms with E-state index in [0.29, 0.717) is 5.92 Å². The summed E-state index contributed by atoms with van der Waals surface area (Å²) in [6, 6.07) is 0. The fourth-order valence-corrected chi connectivity index (χ4v) is 2.91. The molecule has 8 nitrogen and oxygen atoms in total. The molecular weight excluding hydrogens is 318 g/mol. The second-order valence-electron chi connectivity index (χ2n) is 6.46. The highest BCUT2D eigenvalue weighted by Crippen LogP contribution is 2.04. The second kappa shape index (κ2) is 11.0. The van der Waals surface area contributed by atoms with E-state index >= 15 is 0 Å². The van der Waals surface area contributed by atoms with Gasteiger partial charge in [-0.25, -0.2) is 0 Å². The quantitative estimate of drug-likeness (QED) is 0.494. The number of nitrogens with one attached hydrogen (secondary N) is 2. The van der Waals surface area contributed by atoms with Crippen molar-refractivity contribution in [2.75, 3.05) is 52.5 Å². The van der Waals surface area contributed by atoms with Crippen LogP contribution in [0.4, 0.5) is 0 Å². The lowest BCUT2D eigenvalue weighted by Crippen LogP contribution is -2.41. The predicted octanol–water partition coefficient (Wildman–Crippen LogP) is 0.364. The summed E-state index contributed by atoms with van der Waals surface area (Å²) in [5.41, 5.74) is 0. The first kappa shape index (κ1) is 19.7. The fourth-order valence-electron chi connectivity index (χ4n) is 2.91. The average molecular weight is 351 g/mol. The Morgan fingerprint density at radius 3 is 2.84 bits per heavy atom. The summed E-state index contributed by atoms with van der Waals surface area (Å²) in [5.74, 6) is 2.42. The first-order valence-corrected chi connectivity index (χ1v) is 9.41. The summed E-state index contributed by atoms with van der Waals surface area (Å²) >= 11 is 0. The number of rotatable bonds is 9. The molecule has 8 heteroatoms. The largest absolute Gasteiger partial charge is 0.379 e. The first-order valence-electron chi connectivity index (χ1n) is 9.41. The molecular formula is C17H33N7O. The van der Waals surface area contributed by atoms with Crippen LogP contribution in [-0.4, -0.2) is 78.1 Å². The van der Waals surface area contributed by atoms with Gasteiger partial charge in [0.1, 0.15) is 12.2 Å². The topological polar surface area (TPSA) is 79.6 Å². The third kappa shape index (κ3) is 6.99. The van der Waals surface area contributed by atoms with Gasteiger partial charge >= 0.3 is 0 Å². The minimum Gasteiger partial charge on any atom is -0.379 e. The Kier molecular flexibility index (Phi) is 8.68. The molecule has 2 rings (SSSR count). The molecule has 0 saturated carbocycles. The zero-order chi connectivity index (χ0) is 17.9. The van der Waals surface area contributed by atoms with Crippen LogP contribution in [0.1, 0.15) is 26.6 Å². The average Bonchev–Trinajstić information content (AvgIpc) is 3.08. The molecule has 1 atom stereocenters. The number of aromatic nitrogens is 3. The van der Waals surface area contributed by atoms with Crippen molar-refractivity contribution in [2.24, 2.45) is 10.9 Å². The van der Waals surface area contributed by atoms with Gasteiger partial charge in [-0.2, -0.15) is 0 Å². The molecule has 25 heavy (non-hydrogen) atoms. The number of guanidine groups is 1. The van der Waals surface area contributed by atoms with E-state index in [2.05, 4.69) is 51.1 Å². The summed E-state index contributed by atoms with van der Waals surface area (Å²) in [4.78, 5) is 7.20. The Bertz CT molecular complexity index is 511. The summed E-state index contributed by atoms with van der Waals surface area (Å²) in [6.45, 7) is 14.6. The van der Waals surface area contributed by atoms with Gasteiger partial charge in [-0.3, -0.25) is 9.89 Å². The van der Waals surface area contributed by atoms with Crippen LogP contribution in [0.3, 0.4) is 0 Å². The molecule has 0 spiro atoms. The van der Waals surface area contributed by atoms with Crippen LogP contribution in [0.25, 0.3) is 0 Å². The van der Waals surface area contributed by atoms with Crippen molar-refractivity contribution in [3.8, 4) is 0 Å². The first-order chi connectivity index (χ1) is 12.2. The number of ether oxygens (including phenoxy) is 1. The van der Waals surface area contributed by atoms with Crippen LogP contribution >= 0.6 is 0 Å². The standard InChI is InChI=1S/C17H33N7O/c1-4-16-22-21-14-24(16)7-6-19-17(18-5-2)20-12-15(3)13-23-8-10-25-11-9-23/h14-15H,4-13H2,1-3H3,(H2,18,19,20). The maximum atomic E-state index is 5.40. The van der Waals surface area contributed by atoms with Gasteiger partial charge < -0.3 is 19.9 Å². The van der Waals surface area contributed by atoms with Crippen LogP contribution < -0.4 is 10.6 Å². The summed E-state index contributed by atoms with van der Waals surface area (Å²) in [7, 11) is 0. The lowest BCUT2D eigenvalue weighted by atomic mass is 10.1. The fraction of sp³-hybridized carbons (Fsp3) is 0.824. The minimum atomic E-state index is 0.526. The van der Waals surface area contributed by atoms with Crippen molar-refractivity contribution in [3.05, 3.63) is 12.2 Å². The van der Waals surface area contributed by atoms with E-state index in [1.165, 1.54) is 0 Å². The summed E-state index contributed by atoms with van der Waals surface area (Å²) in [5, 5.41) is 14.8. The third-order valence-corrected chi connectivity index (χ3v) is 4.24. The van der Waals surface area contributed by atoms with Crippen LogP contribution in [-0.2, 0) is 17.7 Å². The van der Waals surface area contributed by atoms with Crippen molar-refractivity contribution in [1.29, 1.82) is 0 Å². The van der Waals surface area contributed by atoms with E-state index in [1.807, 2.05) is 0 Å². The molecule has 142 valence electrons. The van der Waals surface area contributed by atoms with Gasteiger partial charge in [0.2, 0.25) is 0 Å². The Hall–Kier alpha value is -1.67. The highest BCUT2D eigenvalue weighted by molar-refractivity contribution is 5.79. The van der Waals surface area contributed by atoms with E-state index in [4.69, 9.17) is 9.73 Å². The zero-order valence-corrected chi connectivity index (χ0v) is 15.9. The molecule has 1 saturated heterocycles. The number of nitrogens with zero attached hydrogens (tertiary/aromatic N) is 5. The van der Waals surface area contributed by atoms with Crippen molar-refractivity contribution in [1.82, 2.24) is 30.3 Å². The molecule has 0 aliphatic carbocycles. The van der Waals surface area contributed by atoms with Gasteiger partial charge in [0.25, 0.3) is 0 Å².